The van der Waals surface area contributed by atoms with E-state index in [-0.39, 0.29) is 11.3 Å². The molecule has 0 saturated heterocycles. The Labute approximate surface area is 204 Å². The molecule has 1 nitrogen and oxygen atoms in total. The summed E-state index contributed by atoms with van der Waals surface area (Å²) < 4.78 is 35.5. The largest absolute Gasteiger partial charge is 0.490 e. The molecule has 0 aliphatic heterocycles. The zero-order valence-electron chi connectivity index (χ0n) is 20.5. The van der Waals surface area contributed by atoms with Gasteiger partial charge in [0.2, 0.25) is 0 Å². The lowest BCUT2D eigenvalue weighted by atomic mass is 9.73. The van der Waals surface area contributed by atoms with Crippen LogP contribution in [0.25, 0.3) is 10.8 Å². The normalized spacial score (nSPS) is 25.2. The predicted octanol–water partition coefficient (Wildman–Crippen LogP) is 9.51. The van der Waals surface area contributed by atoms with Crippen LogP contribution in [0.5, 0.6) is 5.75 Å². The molecule has 2 saturated carbocycles. The number of rotatable bonds is 10. The lowest BCUT2D eigenvalue weighted by Gasteiger charge is -2.32. The summed E-state index contributed by atoms with van der Waals surface area (Å²) in [4.78, 5) is 0. The molecule has 0 unspecified atom stereocenters. The summed E-state index contributed by atoms with van der Waals surface area (Å²) in [5.74, 6) is 1.77. The fourth-order valence-electron chi connectivity index (χ4n) is 6.27. The van der Waals surface area contributed by atoms with Crippen molar-refractivity contribution in [3.8, 4) is 5.75 Å². The van der Waals surface area contributed by atoms with Crippen LogP contribution in [-0.4, -0.2) is 6.61 Å². The minimum absolute atomic E-state index is 0.118. The van der Waals surface area contributed by atoms with Gasteiger partial charge in [0.05, 0.1) is 0 Å². The first-order chi connectivity index (χ1) is 16.6. The lowest BCUT2D eigenvalue weighted by molar-refractivity contribution is 0.224. The molecule has 0 bridgehead atoms. The average molecular weight is 467 g/mol. The first-order valence-corrected chi connectivity index (χ1v) is 13.3. The van der Waals surface area contributed by atoms with Crippen LogP contribution in [0.2, 0.25) is 0 Å². The van der Waals surface area contributed by atoms with Gasteiger partial charge in [-0.25, -0.2) is 8.78 Å². The summed E-state index contributed by atoms with van der Waals surface area (Å²) in [6, 6.07) is 7.10. The van der Waals surface area contributed by atoms with Crippen molar-refractivity contribution < 1.29 is 13.5 Å². The quantitative estimate of drug-likeness (QED) is 0.317. The molecule has 0 N–H and O–H groups in total. The molecule has 2 aromatic rings. The number of fused-ring (bicyclic) bond motifs is 1. The van der Waals surface area contributed by atoms with Crippen molar-refractivity contribution in [3.05, 3.63) is 66.8 Å². The van der Waals surface area contributed by atoms with E-state index in [9.17, 15) is 4.39 Å². The highest BCUT2D eigenvalue weighted by atomic mass is 19.2. The Morgan fingerprint density at radius 2 is 1.38 bits per heavy atom. The fraction of sp³-hybridized carbons (Fsp3) is 0.548. The van der Waals surface area contributed by atoms with E-state index in [1.165, 1.54) is 44.9 Å². The molecule has 34 heavy (non-hydrogen) atoms. The third-order valence-corrected chi connectivity index (χ3v) is 8.40. The van der Waals surface area contributed by atoms with Crippen LogP contribution >= 0.6 is 0 Å². The molecule has 4 rings (SSSR count). The topological polar surface area (TPSA) is 9.23 Å². The molecule has 2 fully saturated rings. The minimum Gasteiger partial charge on any atom is -0.490 e. The van der Waals surface area contributed by atoms with Gasteiger partial charge in [-0.3, -0.25) is 0 Å². The molecule has 0 atom stereocenters. The Morgan fingerprint density at radius 1 is 0.765 bits per heavy atom. The molecule has 2 aliphatic carbocycles. The summed E-state index contributed by atoms with van der Waals surface area (Å²) in [5.41, 5.74) is 0.557. The number of hydrogen-bond donors (Lipinski definition) is 0. The van der Waals surface area contributed by atoms with Gasteiger partial charge in [0.1, 0.15) is 12.4 Å². The van der Waals surface area contributed by atoms with Crippen LogP contribution < -0.4 is 4.74 Å². The van der Waals surface area contributed by atoms with Gasteiger partial charge >= 0.3 is 0 Å². The molecule has 184 valence electrons. The van der Waals surface area contributed by atoms with E-state index in [1.54, 1.807) is 12.1 Å². The summed E-state index contributed by atoms with van der Waals surface area (Å²) in [5, 5.41) is 1.03. The van der Waals surface area contributed by atoms with Crippen LogP contribution in [0.4, 0.5) is 8.78 Å². The molecular formula is C31H40F2O. The van der Waals surface area contributed by atoms with Gasteiger partial charge in [-0.15, -0.1) is 6.58 Å². The van der Waals surface area contributed by atoms with Gasteiger partial charge in [-0.2, -0.15) is 0 Å². The van der Waals surface area contributed by atoms with Gasteiger partial charge in [-0.05, 0) is 91.3 Å². The van der Waals surface area contributed by atoms with Crippen LogP contribution in [-0.2, 0) is 0 Å². The zero-order chi connectivity index (χ0) is 23.9. The lowest BCUT2D eigenvalue weighted by Crippen LogP contribution is -2.18. The van der Waals surface area contributed by atoms with Crippen molar-refractivity contribution in [1.82, 2.24) is 0 Å². The Bertz CT molecular complexity index is 965. The van der Waals surface area contributed by atoms with Crippen molar-refractivity contribution >= 4 is 10.8 Å². The van der Waals surface area contributed by atoms with E-state index in [2.05, 4.69) is 19.2 Å². The minimum atomic E-state index is -0.748. The second kappa shape index (κ2) is 12.0. The molecule has 0 spiro atoms. The monoisotopic (exact) mass is 466 g/mol. The smallest absolute Gasteiger partial charge is 0.167 e. The van der Waals surface area contributed by atoms with Crippen LogP contribution in [0.1, 0.15) is 88.5 Å². The molecule has 0 aromatic heterocycles. The first-order valence-electron chi connectivity index (χ1n) is 13.3. The Hall–Kier alpha value is -2.16. The third kappa shape index (κ3) is 6.09. The summed E-state index contributed by atoms with van der Waals surface area (Å²) in [6.07, 6.45) is 18.5. The Kier molecular flexibility index (Phi) is 8.80. The van der Waals surface area contributed by atoms with Crippen molar-refractivity contribution in [3.63, 3.8) is 0 Å². The van der Waals surface area contributed by atoms with Crippen LogP contribution in [0.15, 0.2) is 49.6 Å². The average Bonchev–Trinajstić information content (AvgIpc) is 2.88. The maximum atomic E-state index is 15.1. The van der Waals surface area contributed by atoms with Crippen LogP contribution in [0.3, 0.4) is 0 Å². The highest BCUT2D eigenvalue weighted by Gasteiger charge is 2.28. The summed E-state index contributed by atoms with van der Waals surface area (Å²) in [7, 11) is 0. The second-order valence-corrected chi connectivity index (χ2v) is 10.6. The van der Waals surface area contributed by atoms with E-state index < -0.39 is 11.6 Å². The Morgan fingerprint density at radius 3 is 2.00 bits per heavy atom. The maximum Gasteiger partial charge on any atom is 0.167 e. The third-order valence-electron chi connectivity index (χ3n) is 8.40. The van der Waals surface area contributed by atoms with E-state index >= 15 is 4.39 Å². The van der Waals surface area contributed by atoms with Crippen molar-refractivity contribution in [2.24, 2.45) is 17.8 Å². The van der Waals surface area contributed by atoms with Crippen LogP contribution in [0, 0.1) is 29.4 Å². The van der Waals surface area contributed by atoms with E-state index in [1.807, 2.05) is 18.2 Å². The van der Waals surface area contributed by atoms with E-state index in [0.717, 1.165) is 55.2 Å². The standard InChI is InChI=1S/C31H40F2O/c1-3-5-6-22-7-9-23(10-8-22)11-12-24-13-15-25(16-14-24)28-20-26-17-18-27(34-19-4-2)21-29(26)31(33)30(28)32/h3-4,17-18,20-25H,1-2,5-16,19H2. The van der Waals surface area contributed by atoms with Gasteiger partial charge < -0.3 is 4.74 Å². The highest BCUT2D eigenvalue weighted by molar-refractivity contribution is 5.85. The first kappa shape index (κ1) is 24.9. The van der Waals surface area contributed by atoms with Gasteiger partial charge in [-0.1, -0.05) is 63.3 Å². The van der Waals surface area contributed by atoms with Gasteiger partial charge in [0, 0.05) is 5.39 Å². The van der Waals surface area contributed by atoms with Crippen molar-refractivity contribution in [1.29, 1.82) is 0 Å². The molecule has 2 aliphatic rings. The van der Waals surface area contributed by atoms with Gasteiger partial charge in [0.25, 0.3) is 0 Å². The summed E-state index contributed by atoms with van der Waals surface area (Å²) in [6.45, 7) is 7.82. The number of ether oxygens (including phenoxy) is 1. The Balaban J connectivity index is 1.30. The molecule has 3 heteroatoms. The second-order valence-electron chi connectivity index (χ2n) is 10.6. The van der Waals surface area contributed by atoms with E-state index in [4.69, 9.17) is 4.74 Å². The number of halogens is 2. The molecule has 2 aromatic carbocycles. The number of benzene rings is 2. The van der Waals surface area contributed by atoms with E-state index in [0.29, 0.717) is 17.9 Å². The molecular weight excluding hydrogens is 426 g/mol. The maximum absolute atomic E-state index is 15.1. The van der Waals surface area contributed by atoms with Crippen molar-refractivity contribution in [2.75, 3.05) is 6.61 Å². The molecule has 0 radical (unpaired) electrons. The summed E-state index contributed by atoms with van der Waals surface area (Å²) >= 11 is 0. The molecule has 0 heterocycles. The highest BCUT2D eigenvalue weighted by Crippen LogP contribution is 2.42. The number of hydrogen-bond acceptors (Lipinski definition) is 1. The fourth-order valence-corrected chi connectivity index (χ4v) is 6.27. The number of allylic oxidation sites excluding steroid dienone is 1. The SMILES string of the molecule is C=CCCC1CCC(CCC2CCC(c3cc4ccc(OCC=C)cc4c(F)c3F)CC2)CC1. The van der Waals surface area contributed by atoms with Gasteiger partial charge in [0.15, 0.2) is 11.6 Å². The predicted molar refractivity (Wildman–Crippen MR) is 138 cm³/mol. The van der Waals surface area contributed by atoms with Crippen molar-refractivity contribution in [2.45, 2.75) is 83.0 Å². The zero-order valence-corrected chi connectivity index (χ0v) is 20.5. The molecule has 0 amide bonds.